The summed E-state index contributed by atoms with van der Waals surface area (Å²) in [6, 6.07) is 0. The Morgan fingerprint density at radius 1 is 1.24 bits per heavy atom. The number of nitrogens with two attached hydrogens (primary N) is 1. The Balaban J connectivity index is 2.36. The van der Waals surface area contributed by atoms with Crippen LogP contribution in [0.2, 0.25) is 0 Å². The van der Waals surface area contributed by atoms with Crippen molar-refractivity contribution in [1.82, 2.24) is 4.98 Å². The third-order valence-corrected chi connectivity index (χ3v) is 8.75. The Labute approximate surface area is 255 Å². The number of aliphatic hydroxyl groups is 1. The largest absolute Gasteiger partial charge is 0.461 e. The maximum atomic E-state index is 13.8. The van der Waals surface area contributed by atoms with E-state index in [1.807, 2.05) is 57.4 Å². The van der Waals surface area contributed by atoms with Crippen LogP contribution in [0, 0.1) is 24.2 Å². The van der Waals surface area contributed by atoms with Crippen LogP contribution in [-0.2, 0) is 23.9 Å². The Bertz CT molecular complexity index is 1150. The molecule has 0 fully saturated rings. The van der Waals surface area contributed by atoms with E-state index in [0.717, 1.165) is 34.7 Å². The summed E-state index contributed by atoms with van der Waals surface area (Å²) in [5, 5.41) is 14.0. The van der Waals surface area contributed by atoms with Gasteiger partial charge in [0.1, 0.15) is 18.0 Å². The minimum absolute atomic E-state index is 0.241. The number of aryl methyl sites for hydroxylation is 1. The molecule has 0 saturated heterocycles. The number of carbonyl (C=O) groups is 3. The number of carbonyl (C=O) groups excluding carboxylic acids is 3. The molecule has 2 rings (SSSR count). The number of hydrogen-bond acceptors (Lipinski definition) is 9. The Hall–Kier alpha value is -2.62. The molecule has 42 heavy (non-hydrogen) atoms. The second kappa shape index (κ2) is 16.9. The predicted octanol–water partition coefficient (Wildman–Crippen LogP) is 6.11. The van der Waals surface area contributed by atoms with E-state index in [2.05, 4.69) is 4.98 Å². The summed E-state index contributed by atoms with van der Waals surface area (Å²) in [5.74, 6) is -2.17. The van der Waals surface area contributed by atoms with Crippen LogP contribution in [0.1, 0.15) is 97.2 Å². The van der Waals surface area contributed by atoms with Crippen LogP contribution in [0.5, 0.6) is 0 Å². The normalized spacial score (nSPS) is 26.5. The van der Waals surface area contributed by atoms with Gasteiger partial charge in [0.25, 0.3) is 0 Å². The van der Waals surface area contributed by atoms with E-state index in [9.17, 15) is 19.5 Å². The van der Waals surface area contributed by atoms with Crippen LogP contribution in [0.4, 0.5) is 0 Å². The molecule has 0 aromatic carbocycles. The van der Waals surface area contributed by atoms with Crippen molar-refractivity contribution < 1.29 is 29.0 Å². The molecule has 0 bridgehead atoms. The maximum Gasteiger partial charge on any atom is 0.309 e. The lowest BCUT2D eigenvalue weighted by Crippen LogP contribution is -2.46. The fourth-order valence-corrected chi connectivity index (χ4v) is 5.63. The van der Waals surface area contributed by atoms with Gasteiger partial charge in [-0.3, -0.25) is 14.4 Å². The molecular formula is C33H50N2O6S. The van der Waals surface area contributed by atoms with Crippen molar-refractivity contribution in [2.75, 3.05) is 6.54 Å². The number of hydrogen-bond donors (Lipinski definition) is 2. The number of aromatic nitrogens is 1. The van der Waals surface area contributed by atoms with Crippen molar-refractivity contribution in [1.29, 1.82) is 0 Å². The minimum atomic E-state index is -1.28. The summed E-state index contributed by atoms with van der Waals surface area (Å²) >= 11 is 1.55. The SMILES string of the molecule is CC1=CC[C@@H](C(C)=Cc2csc(C)n2)OC(=O)C[C@H](O)C(C)(C)C(=O)[C@H](C)[C@@H](OC(=O)CCCCCN)[C@@H](C)C=CC1. The maximum absolute atomic E-state index is 13.8. The lowest BCUT2D eigenvalue weighted by Gasteiger charge is -2.35. The highest BCUT2D eigenvalue weighted by molar-refractivity contribution is 7.09. The van der Waals surface area contributed by atoms with E-state index < -0.39 is 35.6 Å². The highest BCUT2D eigenvalue weighted by Crippen LogP contribution is 2.33. The molecule has 1 aliphatic heterocycles. The van der Waals surface area contributed by atoms with Crippen molar-refractivity contribution in [2.45, 2.75) is 112 Å². The lowest BCUT2D eigenvalue weighted by molar-refractivity contribution is -0.159. The molecule has 1 aliphatic rings. The van der Waals surface area contributed by atoms with E-state index in [1.54, 1.807) is 32.1 Å². The zero-order valence-corrected chi connectivity index (χ0v) is 27.2. The van der Waals surface area contributed by atoms with Gasteiger partial charge in [0, 0.05) is 24.1 Å². The van der Waals surface area contributed by atoms with Crippen LogP contribution < -0.4 is 5.73 Å². The van der Waals surface area contributed by atoms with Gasteiger partial charge in [0.05, 0.1) is 34.6 Å². The van der Waals surface area contributed by atoms with Crippen LogP contribution in [0.15, 0.2) is 34.8 Å². The number of allylic oxidation sites excluding steroid dienone is 2. The van der Waals surface area contributed by atoms with Crippen LogP contribution in [-0.4, -0.2) is 52.7 Å². The van der Waals surface area contributed by atoms with E-state index in [4.69, 9.17) is 15.2 Å². The standard InChI is InChI=1S/C33H50N2O6S/c1-21-12-11-13-22(2)31(41-29(37)14-9-8-10-17-34)24(4)32(39)33(6,7)28(36)19-30(38)40-27(16-15-21)23(3)18-26-20-42-25(5)35-26/h11,13,15,18,20,22,24,27-28,31,36H,8-10,12,14,16-17,19,34H2,1-7H3/t22-,24+,27-,28-,31-/m0/s1. The molecule has 5 atom stereocenters. The molecule has 1 aromatic rings. The molecular weight excluding hydrogens is 552 g/mol. The van der Waals surface area contributed by atoms with Gasteiger partial charge in [-0.05, 0) is 58.2 Å². The second-order valence-electron chi connectivity index (χ2n) is 12.1. The average molecular weight is 603 g/mol. The van der Waals surface area contributed by atoms with E-state index in [1.165, 1.54) is 0 Å². The zero-order chi connectivity index (χ0) is 31.4. The number of aliphatic hydroxyl groups excluding tert-OH is 1. The average Bonchev–Trinajstić information content (AvgIpc) is 3.34. The van der Waals surface area contributed by atoms with Crippen molar-refractivity contribution in [3.05, 3.63) is 45.5 Å². The van der Waals surface area contributed by atoms with E-state index in [-0.39, 0.29) is 30.5 Å². The van der Waals surface area contributed by atoms with Crippen LogP contribution in [0.3, 0.4) is 0 Å². The van der Waals surface area contributed by atoms with Gasteiger partial charge in [0.2, 0.25) is 0 Å². The topological polar surface area (TPSA) is 129 Å². The molecule has 0 spiro atoms. The number of ketones is 1. The molecule has 3 N–H and O–H groups in total. The van der Waals surface area contributed by atoms with Crippen molar-refractivity contribution in [3.63, 3.8) is 0 Å². The fourth-order valence-electron chi connectivity index (χ4n) is 5.06. The van der Waals surface area contributed by atoms with Crippen molar-refractivity contribution >= 4 is 35.1 Å². The zero-order valence-electron chi connectivity index (χ0n) is 26.4. The fraction of sp³-hybridized carbons (Fsp3) is 0.636. The number of cyclic esters (lactones) is 1. The van der Waals surface area contributed by atoms with Gasteiger partial charge in [-0.1, -0.05) is 57.9 Å². The Morgan fingerprint density at radius 2 is 1.95 bits per heavy atom. The third-order valence-electron chi connectivity index (χ3n) is 7.96. The third kappa shape index (κ3) is 10.9. The van der Waals surface area contributed by atoms with Gasteiger partial charge >= 0.3 is 11.9 Å². The summed E-state index contributed by atoms with van der Waals surface area (Å²) < 4.78 is 11.8. The van der Waals surface area contributed by atoms with Gasteiger partial charge in [0.15, 0.2) is 0 Å². The van der Waals surface area contributed by atoms with Crippen molar-refractivity contribution in [2.24, 2.45) is 23.0 Å². The van der Waals surface area contributed by atoms with Gasteiger partial charge < -0.3 is 20.3 Å². The number of nitrogens with zero attached hydrogens (tertiary/aromatic N) is 1. The summed E-state index contributed by atoms with van der Waals surface area (Å²) in [6.45, 7) is 13.3. The number of ether oxygens (including phenoxy) is 2. The Morgan fingerprint density at radius 3 is 2.60 bits per heavy atom. The number of unbranched alkanes of at least 4 members (excludes halogenated alkanes) is 2. The first kappa shape index (κ1) is 35.6. The molecule has 0 amide bonds. The molecule has 8 nitrogen and oxygen atoms in total. The highest BCUT2D eigenvalue weighted by atomic mass is 32.1. The monoisotopic (exact) mass is 602 g/mol. The molecule has 234 valence electrons. The number of Topliss-reactive ketones (excluding diaryl/α,β-unsaturated/α-hetero) is 1. The number of esters is 2. The molecule has 2 heterocycles. The Kier molecular flexibility index (Phi) is 14.3. The van der Waals surface area contributed by atoms with E-state index in [0.29, 0.717) is 25.8 Å². The molecule has 0 aliphatic carbocycles. The predicted molar refractivity (Wildman–Crippen MR) is 168 cm³/mol. The molecule has 0 radical (unpaired) electrons. The first-order valence-corrected chi connectivity index (χ1v) is 15.9. The molecule has 0 unspecified atom stereocenters. The minimum Gasteiger partial charge on any atom is -0.461 e. The first-order chi connectivity index (χ1) is 19.8. The summed E-state index contributed by atoms with van der Waals surface area (Å²) in [7, 11) is 0. The smallest absolute Gasteiger partial charge is 0.309 e. The van der Waals surface area contributed by atoms with Gasteiger partial charge in [-0.2, -0.15) is 0 Å². The van der Waals surface area contributed by atoms with Crippen LogP contribution >= 0.6 is 11.3 Å². The number of thiazole rings is 1. The van der Waals surface area contributed by atoms with Gasteiger partial charge in [-0.15, -0.1) is 11.3 Å². The lowest BCUT2D eigenvalue weighted by atomic mass is 9.73. The molecule has 9 heteroatoms. The van der Waals surface area contributed by atoms with Crippen molar-refractivity contribution in [3.8, 4) is 0 Å². The highest BCUT2D eigenvalue weighted by Gasteiger charge is 2.43. The van der Waals surface area contributed by atoms with Gasteiger partial charge in [-0.25, -0.2) is 4.98 Å². The summed E-state index contributed by atoms with van der Waals surface area (Å²) in [6.07, 6.45) is 8.82. The quantitative estimate of drug-likeness (QED) is 0.207. The number of rotatable bonds is 8. The molecule has 0 saturated carbocycles. The second-order valence-corrected chi connectivity index (χ2v) is 13.1. The van der Waals surface area contributed by atoms with Crippen LogP contribution in [0.25, 0.3) is 6.08 Å². The first-order valence-electron chi connectivity index (χ1n) is 15.0. The summed E-state index contributed by atoms with van der Waals surface area (Å²) in [4.78, 5) is 44.1. The summed E-state index contributed by atoms with van der Waals surface area (Å²) in [5.41, 5.74) is 7.01. The molecule has 1 aromatic heterocycles. The van der Waals surface area contributed by atoms with E-state index >= 15 is 0 Å².